The number of rotatable bonds is 4. The monoisotopic (exact) mass is 426 g/mol. The first kappa shape index (κ1) is 20.4. The van der Waals surface area contributed by atoms with Crippen molar-refractivity contribution in [1.29, 1.82) is 0 Å². The van der Waals surface area contributed by atoms with E-state index in [-0.39, 0.29) is 22.8 Å². The van der Waals surface area contributed by atoms with Crippen molar-refractivity contribution in [2.24, 2.45) is 0 Å². The number of thiazole rings is 1. The summed E-state index contributed by atoms with van der Waals surface area (Å²) < 4.78 is 14.6. The number of nitrogens with zero attached hydrogens (tertiary/aromatic N) is 4. The summed E-state index contributed by atoms with van der Waals surface area (Å²) in [5, 5.41) is 3.12. The molecule has 1 aromatic carbocycles. The molecule has 3 heterocycles. The fourth-order valence-electron chi connectivity index (χ4n) is 3.67. The normalized spacial score (nSPS) is 14.8. The number of benzene rings is 1. The zero-order valence-electron chi connectivity index (χ0n) is 17.0. The van der Waals surface area contributed by atoms with Crippen LogP contribution in [-0.2, 0) is 6.54 Å². The van der Waals surface area contributed by atoms with E-state index in [2.05, 4.69) is 15.3 Å². The van der Waals surface area contributed by atoms with Gasteiger partial charge in [0.25, 0.3) is 11.5 Å². The van der Waals surface area contributed by atoms with Gasteiger partial charge in [-0.2, -0.15) is 0 Å². The highest BCUT2D eigenvalue weighted by Gasteiger charge is 2.26. The van der Waals surface area contributed by atoms with E-state index in [0.29, 0.717) is 24.3 Å². The maximum Gasteiger partial charge on any atom is 0.268 e. The van der Waals surface area contributed by atoms with Crippen molar-refractivity contribution in [3.8, 4) is 5.69 Å². The van der Waals surface area contributed by atoms with Crippen molar-refractivity contribution in [2.75, 3.05) is 26.2 Å². The standard InChI is InChI=1S/C22H23FN4O2S/c1-15-7-8-27(19-5-3-17(23)4-6-19)22(29)20(15)21(28)26-11-9-25(10-12-26)13-18-14-30-16(2)24-18/h3-8,14H,9-13H2,1-2H3. The van der Waals surface area contributed by atoms with E-state index in [9.17, 15) is 14.0 Å². The molecule has 6 nitrogen and oxygen atoms in total. The second-order valence-corrected chi connectivity index (χ2v) is 8.51. The molecule has 1 saturated heterocycles. The van der Waals surface area contributed by atoms with E-state index in [4.69, 9.17) is 0 Å². The number of carbonyl (C=O) groups excluding carboxylic acids is 1. The predicted octanol–water partition coefficient (Wildman–Crippen LogP) is 3.01. The molecule has 0 saturated carbocycles. The Morgan fingerprint density at radius 2 is 1.80 bits per heavy atom. The van der Waals surface area contributed by atoms with Gasteiger partial charge in [-0.3, -0.25) is 19.1 Å². The van der Waals surface area contributed by atoms with Gasteiger partial charge in [0, 0.05) is 50.0 Å². The highest BCUT2D eigenvalue weighted by Crippen LogP contribution is 2.15. The molecule has 0 unspecified atom stereocenters. The Balaban J connectivity index is 1.50. The van der Waals surface area contributed by atoms with Crippen LogP contribution in [0.1, 0.15) is 26.6 Å². The van der Waals surface area contributed by atoms with Crippen molar-refractivity contribution < 1.29 is 9.18 Å². The van der Waals surface area contributed by atoms with E-state index >= 15 is 0 Å². The quantitative estimate of drug-likeness (QED) is 0.644. The van der Waals surface area contributed by atoms with Crippen molar-refractivity contribution in [2.45, 2.75) is 20.4 Å². The predicted molar refractivity (Wildman–Crippen MR) is 115 cm³/mol. The zero-order chi connectivity index (χ0) is 21.3. The summed E-state index contributed by atoms with van der Waals surface area (Å²) in [6.45, 7) is 7.13. The lowest BCUT2D eigenvalue weighted by Crippen LogP contribution is -2.49. The van der Waals surface area contributed by atoms with E-state index < -0.39 is 0 Å². The largest absolute Gasteiger partial charge is 0.336 e. The van der Waals surface area contributed by atoms with Crippen LogP contribution < -0.4 is 5.56 Å². The molecule has 0 bridgehead atoms. The van der Waals surface area contributed by atoms with Crippen LogP contribution in [-0.4, -0.2) is 51.4 Å². The molecule has 156 valence electrons. The topological polar surface area (TPSA) is 58.4 Å². The molecule has 1 aliphatic rings. The Kier molecular flexibility index (Phi) is 5.78. The van der Waals surface area contributed by atoms with Gasteiger partial charge in [0.2, 0.25) is 0 Å². The van der Waals surface area contributed by atoms with E-state index in [1.165, 1.54) is 28.8 Å². The number of piperazine rings is 1. The second kappa shape index (κ2) is 8.49. The third-order valence-corrected chi connectivity index (χ3v) is 6.15. The van der Waals surface area contributed by atoms with Crippen molar-refractivity contribution in [1.82, 2.24) is 19.4 Å². The molecule has 3 aromatic rings. The minimum Gasteiger partial charge on any atom is -0.336 e. The number of aromatic nitrogens is 2. The van der Waals surface area contributed by atoms with Crippen LogP contribution in [0.3, 0.4) is 0 Å². The van der Waals surface area contributed by atoms with Gasteiger partial charge in [0.15, 0.2) is 0 Å². The van der Waals surface area contributed by atoms with Gasteiger partial charge in [-0.1, -0.05) is 0 Å². The maximum atomic E-state index is 13.2. The third kappa shape index (κ3) is 4.20. The third-order valence-electron chi connectivity index (χ3n) is 5.33. The number of hydrogen-bond acceptors (Lipinski definition) is 5. The summed E-state index contributed by atoms with van der Waals surface area (Å²) in [6, 6.07) is 7.40. The van der Waals surface area contributed by atoms with Crippen LogP contribution in [0.4, 0.5) is 4.39 Å². The molecule has 0 spiro atoms. The van der Waals surface area contributed by atoms with Gasteiger partial charge >= 0.3 is 0 Å². The molecule has 4 rings (SSSR count). The molecule has 1 amide bonds. The number of pyridine rings is 1. The average Bonchev–Trinajstić information content (AvgIpc) is 3.14. The van der Waals surface area contributed by atoms with Crippen LogP contribution in [0.2, 0.25) is 0 Å². The summed E-state index contributed by atoms with van der Waals surface area (Å²) in [7, 11) is 0. The number of carbonyl (C=O) groups is 1. The first-order valence-electron chi connectivity index (χ1n) is 9.83. The smallest absolute Gasteiger partial charge is 0.268 e. The summed E-state index contributed by atoms with van der Waals surface area (Å²) in [5.74, 6) is -0.626. The molecule has 1 aliphatic heterocycles. The van der Waals surface area contributed by atoms with Gasteiger partial charge in [0.05, 0.1) is 10.7 Å². The van der Waals surface area contributed by atoms with E-state index in [0.717, 1.165) is 30.3 Å². The summed E-state index contributed by atoms with van der Waals surface area (Å²) in [5.41, 5.74) is 2.01. The highest BCUT2D eigenvalue weighted by atomic mass is 32.1. The van der Waals surface area contributed by atoms with Gasteiger partial charge in [-0.25, -0.2) is 9.37 Å². The van der Waals surface area contributed by atoms with Crippen molar-refractivity contribution >= 4 is 17.2 Å². The van der Waals surface area contributed by atoms with Crippen LogP contribution in [0.5, 0.6) is 0 Å². The SMILES string of the molecule is Cc1nc(CN2CCN(C(=O)c3c(C)ccn(-c4ccc(F)cc4)c3=O)CC2)cs1. The fraction of sp³-hybridized carbons (Fsp3) is 0.318. The Bertz CT molecular complexity index is 1110. The molecule has 0 radical (unpaired) electrons. The Hall–Kier alpha value is -2.84. The summed E-state index contributed by atoms with van der Waals surface area (Å²) in [6.07, 6.45) is 1.62. The highest BCUT2D eigenvalue weighted by molar-refractivity contribution is 7.09. The molecular formula is C22H23FN4O2S. The number of amides is 1. The molecule has 1 fully saturated rings. The van der Waals surface area contributed by atoms with Crippen molar-refractivity contribution in [3.05, 3.63) is 79.9 Å². The van der Waals surface area contributed by atoms with E-state index in [1.807, 2.05) is 6.92 Å². The molecular weight excluding hydrogens is 403 g/mol. The Labute approximate surface area is 178 Å². The molecule has 0 N–H and O–H groups in total. The number of halogens is 1. The molecule has 30 heavy (non-hydrogen) atoms. The molecule has 0 aliphatic carbocycles. The second-order valence-electron chi connectivity index (χ2n) is 7.45. The van der Waals surface area contributed by atoms with Crippen LogP contribution in [0, 0.1) is 19.7 Å². The lowest BCUT2D eigenvalue weighted by molar-refractivity contribution is 0.0624. The van der Waals surface area contributed by atoms with Gasteiger partial charge in [0.1, 0.15) is 11.4 Å². The Morgan fingerprint density at radius 3 is 2.43 bits per heavy atom. The number of hydrogen-bond donors (Lipinski definition) is 0. The lowest BCUT2D eigenvalue weighted by atomic mass is 10.1. The maximum absolute atomic E-state index is 13.2. The lowest BCUT2D eigenvalue weighted by Gasteiger charge is -2.34. The van der Waals surface area contributed by atoms with Crippen LogP contribution in [0.25, 0.3) is 5.69 Å². The minimum atomic E-state index is -0.382. The molecule has 2 aromatic heterocycles. The van der Waals surface area contributed by atoms with Gasteiger partial charge < -0.3 is 4.90 Å². The summed E-state index contributed by atoms with van der Waals surface area (Å²) in [4.78, 5) is 34.8. The fourth-order valence-corrected chi connectivity index (χ4v) is 4.27. The summed E-state index contributed by atoms with van der Waals surface area (Å²) >= 11 is 1.64. The van der Waals surface area contributed by atoms with E-state index in [1.54, 1.807) is 35.4 Å². The average molecular weight is 427 g/mol. The first-order chi connectivity index (χ1) is 14.4. The minimum absolute atomic E-state index is 0.172. The van der Waals surface area contributed by atoms with Crippen molar-refractivity contribution in [3.63, 3.8) is 0 Å². The zero-order valence-corrected chi connectivity index (χ0v) is 17.8. The van der Waals surface area contributed by atoms with Crippen LogP contribution in [0.15, 0.2) is 46.7 Å². The van der Waals surface area contributed by atoms with Gasteiger partial charge in [-0.05, 0) is 49.7 Å². The molecule has 0 atom stereocenters. The van der Waals surface area contributed by atoms with Gasteiger partial charge in [-0.15, -0.1) is 11.3 Å². The number of aryl methyl sites for hydroxylation is 2. The molecule has 8 heteroatoms. The van der Waals surface area contributed by atoms with Crippen LogP contribution >= 0.6 is 11.3 Å². The first-order valence-corrected chi connectivity index (χ1v) is 10.7. The Morgan fingerprint density at radius 1 is 1.10 bits per heavy atom.